The maximum atomic E-state index is 12.5. The van der Waals surface area contributed by atoms with Crippen molar-refractivity contribution in [2.75, 3.05) is 6.61 Å². The molecule has 1 aliphatic carbocycles. The van der Waals surface area contributed by atoms with Gasteiger partial charge in [0, 0.05) is 12.0 Å². The van der Waals surface area contributed by atoms with Crippen LogP contribution in [0.15, 0.2) is 0 Å². The van der Waals surface area contributed by atoms with Gasteiger partial charge in [0.25, 0.3) is 0 Å². The topological polar surface area (TPSA) is 50.1 Å². The van der Waals surface area contributed by atoms with Crippen LogP contribution in [0.1, 0.15) is 52.4 Å². The van der Waals surface area contributed by atoms with Crippen molar-refractivity contribution in [2.24, 2.45) is 10.8 Å². The van der Waals surface area contributed by atoms with Crippen LogP contribution in [0.4, 0.5) is 0 Å². The van der Waals surface area contributed by atoms with Crippen molar-refractivity contribution in [1.82, 2.24) is 0 Å². The van der Waals surface area contributed by atoms with Crippen LogP contribution in [0, 0.1) is 22.2 Å². The fraction of sp³-hybridized carbons (Fsp3) is 0.857. The Labute approximate surface area is 103 Å². The number of ketones is 1. The van der Waals surface area contributed by atoms with E-state index in [1.807, 2.05) is 13.8 Å². The molecule has 0 bridgehead atoms. The van der Waals surface area contributed by atoms with Crippen LogP contribution in [0.5, 0.6) is 0 Å². The highest BCUT2D eigenvalue weighted by molar-refractivity contribution is 5.92. The first-order valence-corrected chi connectivity index (χ1v) is 6.58. The molecule has 1 aliphatic heterocycles. The van der Waals surface area contributed by atoms with Gasteiger partial charge in [-0.3, -0.25) is 4.79 Å². The summed E-state index contributed by atoms with van der Waals surface area (Å²) in [6.07, 6.45) is 5.37. The van der Waals surface area contributed by atoms with Crippen molar-refractivity contribution < 1.29 is 9.53 Å². The molecule has 1 saturated carbocycles. The predicted molar refractivity (Wildman–Crippen MR) is 64.3 cm³/mol. The van der Waals surface area contributed by atoms with Gasteiger partial charge in [-0.1, -0.05) is 20.3 Å². The second-order valence-electron chi connectivity index (χ2n) is 6.10. The van der Waals surface area contributed by atoms with Crippen molar-refractivity contribution in [3.05, 3.63) is 0 Å². The first-order chi connectivity index (χ1) is 8.00. The minimum absolute atomic E-state index is 0.118. The second-order valence-corrected chi connectivity index (χ2v) is 6.10. The van der Waals surface area contributed by atoms with E-state index in [0.717, 1.165) is 32.3 Å². The highest BCUT2D eigenvalue weighted by Crippen LogP contribution is 2.46. The van der Waals surface area contributed by atoms with Crippen molar-refractivity contribution in [3.8, 4) is 6.07 Å². The van der Waals surface area contributed by atoms with Crippen molar-refractivity contribution >= 4 is 5.78 Å². The van der Waals surface area contributed by atoms with Gasteiger partial charge >= 0.3 is 0 Å². The zero-order valence-electron chi connectivity index (χ0n) is 10.8. The summed E-state index contributed by atoms with van der Waals surface area (Å²) in [5.74, 6) is 0.134. The SMILES string of the molecule is CC1(C)CCCC(C#N)(CC2CCCO2)C1=O. The summed E-state index contributed by atoms with van der Waals surface area (Å²) in [5.41, 5.74) is -1.12. The van der Waals surface area contributed by atoms with Gasteiger partial charge in [0.05, 0.1) is 12.2 Å². The quantitative estimate of drug-likeness (QED) is 0.739. The molecule has 0 spiro atoms. The third-order valence-corrected chi connectivity index (χ3v) is 4.27. The number of nitrogens with zero attached hydrogens (tertiary/aromatic N) is 1. The second kappa shape index (κ2) is 4.42. The summed E-state index contributed by atoms with van der Waals surface area (Å²) < 4.78 is 5.60. The number of carbonyl (C=O) groups is 1. The van der Waals surface area contributed by atoms with E-state index in [2.05, 4.69) is 6.07 Å². The lowest BCUT2D eigenvalue weighted by molar-refractivity contribution is -0.140. The average molecular weight is 235 g/mol. The first-order valence-electron chi connectivity index (χ1n) is 6.58. The molecule has 3 nitrogen and oxygen atoms in total. The Morgan fingerprint density at radius 1 is 1.41 bits per heavy atom. The normalized spacial score (nSPS) is 36.8. The van der Waals surface area contributed by atoms with Crippen LogP contribution < -0.4 is 0 Å². The highest BCUT2D eigenvalue weighted by Gasteiger charge is 2.50. The predicted octanol–water partition coefficient (Wildman–Crippen LogP) is 2.84. The zero-order valence-corrected chi connectivity index (χ0v) is 10.8. The minimum Gasteiger partial charge on any atom is -0.378 e. The Bertz CT molecular complexity index is 350. The lowest BCUT2D eigenvalue weighted by atomic mass is 9.61. The van der Waals surface area contributed by atoms with E-state index in [1.54, 1.807) is 0 Å². The maximum Gasteiger partial charge on any atom is 0.158 e. The van der Waals surface area contributed by atoms with Gasteiger partial charge in [-0.05, 0) is 32.1 Å². The Hall–Kier alpha value is -0.880. The molecular weight excluding hydrogens is 214 g/mol. The molecule has 2 aliphatic rings. The number of nitriles is 1. The average Bonchev–Trinajstić information content (AvgIpc) is 2.77. The van der Waals surface area contributed by atoms with Crippen LogP contribution in [0.2, 0.25) is 0 Å². The van der Waals surface area contributed by atoms with Crippen molar-refractivity contribution in [2.45, 2.75) is 58.5 Å². The van der Waals surface area contributed by atoms with Gasteiger partial charge in [0.15, 0.2) is 5.78 Å². The summed E-state index contributed by atoms with van der Waals surface area (Å²) in [5, 5.41) is 9.48. The summed E-state index contributed by atoms with van der Waals surface area (Å²) in [6.45, 7) is 4.72. The van der Waals surface area contributed by atoms with E-state index in [4.69, 9.17) is 4.74 Å². The van der Waals surface area contributed by atoms with Crippen molar-refractivity contribution in [3.63, 3.8) is 0 Å². The number of ether oxygens (including phenoxy) is 1. The molecule has 1 saturated heterocycles. The molecule has 2 rings (SSSR count). The Balaban J connectivity index is 2.18. The van der Waals surface area contributed by atoms with Gasteiger partial charge in [-0.25, -0.2) is 0 Å². The number of rotatable bonds is 2. The number of carbonyl (C=O) groups excluding carboxylic acids is 1. The highest BCUT2D eigenvalue weighted by atomic mass is 16.5. The van der Waals surface area contributed by atoms with E-state index < -0.39 is 5.41 Å². The zero-order chi connectivity index (χ0) is 12.5. The van der Waals surface area contributed by atoms with Gasteiger partial charge in [-0.15, -0.1) is 0 Å². The van der Waals surface area contributed by atoms with Crippen LogP contribution in [0.3, 0.4) is 0 Å². The molecule has 1 heterocycles. The number of hydrogen-bond donors (Lipinski definition) is 0. The number of hydrogen-bond acceptors (Lipinski definition) is 3. The molecule has 94 valence electrons. The molecule has 0 amide bonds. The Kier molecular flexibility index (Phi) is 3.27. The third kappa shape index (κ3) is 2.24. The van der Waals surface area contributed by atoms with Gasteiger partial charge in [-0.2, -0.15) is 5.26 Å². The summed E-state index contributed by atoms with van der Waals surface area (Å²) in [4.78, 5) is 12.5. The van der Waals surface area contributed by atoms with Crippen molar-refractivity contribution in [1.29, 1.82) is 5.26 Å². The van der Waals surface area contributed by atoms with Gasteiger partial charge < -0.3 is 4.74 Å². The molecule has 0 N–H and O–H groups in total. The first kappa shape index (κ1) is 12.6. The summed E-state index contributed by atoms with van der Waals surface area (Å²) in [7, 11) is 0. The van der Waals surface area contributed by atoms with Crippen LogP contribution >= 0.6 is 0 Å². The summed E-state index contributed by atoms with van der Waals surface area (Å²) >= 11 is 0. The van der Waals surface area contributed by atoms with E-state index >= 15 is 0 Å². The molecular formula is C14H21NO2. The largest absolute Gasteiger partial charge is 0.378 e. The lowest BCUT2D eigenvalue weighted by Crippen LogP contribution is -2.45. The fourth-order valence-electron chi connectivity index (χ4n) is 3.25. The molecule has 2 unspecified atom stereocenters. The van der Waals surface area contributed by atoms with Crippen LogP contribution in [-0.2, 0) is 9.53 Å². The molecule has 3 heteroatoms. The number of Topliss-reactive ketones (excluding diaryl/α,β-unsaturated/α-hetero) is 1. The van der Waals surface area contributed by atoms with Crippen LogP contribution in [0.25, 0.3) is 0 Å². The molecule has 2 fully saturated rings. The van der Waals surface area contributed by atoms with E-state index in [0.29, 0.717) is 12.8 Å². The van der Waals surface area contributed by atoms with E-state index in [-0.39, 0.29) is 17.3 Å². The molecule has 2 atom stereocenters. The molecule has 0 aromatic heterocycles. The summed E-state index contributed by atoms with van der Waals surface area (Å²) in [6, 6.07) is 2.32. The maximum absolute atomic E-state index is 12.5. The molecule has 0 radical (unpaired) electrons. The molecule has 17 heavy (non-hydrogen) atoms. The molecule has 0 aromatic rings. The van der Waals surface area contributed by atoms with Gasteiger partial charge in [0.2, 0.25) is 0 Å². The standard InChI is InChI=1S/C14H21NO2/c1-13(2)6-4-7-14(10-15,12(13)16)9-11-5-3-8-17-11/h11H,3-9H2,1-2H3. The third-order valence-electron chi connectivity index (χ3n) is 4.27. The molecule has 0 aromatic carbocycles. The lowest BCUT2D eigenvalue weighted by Gasteiger charge is -2.39. The Morgan fingerprint density at radius 2 is 2.18 bits per heavy atom. The van der Waals surface area contributed by atoms with E-state index in [9.17, 15) is 10.1 Å². The van der Waals surface area contributed by atoms with E-state index in [1.165, 1.54) is 0 Å². The minimum atomic E-state index is -0.781. The van der Waals surface area contributed by atoms with Gasteiger partial charge in [0.1, 0.15) is 5.41 Å². The monoisotopic (exact) mass is 235 g/mol. The van der Waals surface area contributed by atoms with Crippen LogP contribution in [-0.4, -0.2) is 18.5 Å². The Morgan fingerprint density at radius 3 is 2.76 bits per heavy atom. The fourth-order valence-corrected chi connectivity index (χ4v) is 3.25. The smallest absolute Gasteiger partial charge is 0.158 e.